The average molecular weight is 389 g/mol. The molecule has 0 saturated carbocycles. The Kier molecular flexibility index (Phi) is 5.56. The van der Waals surface area contributed by atoms with Crippen molar-refractivity contribution in [3.63, 3.8) is 0 Å². The molecule has 4 rings (SSSR count). The van der Waals surface area contributed by atoms with Crippen LogP contribution in [0.1, 0.15) is 0 Å². The van der Waals surface area contributed by atoms with Crippen molar-refractivity contribution in [2.75, 3.05) is 43.5 Å². The van der Waals surface area contributed by atoms with E-state index in [1.165, 1.54) is 0 Å². The van der Waals surface area contributed by atoms with Gasteiger partial charge in [-0.3, -0.25) is 4.79 Å². The summed E-state index contributed by atoms with van der Waals surface area (Å²) in [5.74, 6) is 2.06. The number of carbonyl (C=O) groups excluding carboxylic acids is 1. The Balaban J connectivity index is 1.69. The molecule has 1 aromatic heterocycles. The van der Waals surface area contributed by atoms with Gasteiger partial charge < -0.3 is 19.9 Å². The molecule has 1 amide bonds. The third-order valence-electron chi connectivity index (χ3n) is 4.92. The van der Waals surface area contributed by atoms with Gasteiger partial charge in [-0.05, 0) is 12.1 Å². The van der Waals surface area contributed by atoms with Crippen LogP contribution < -0.4 is 15.0 Å². The number of piperazine rings is 1. The van der Waals surface area contributed by atoms with Crippen LogP contribution >= 0.6 is 0 Å². The minimum atomic E-state index is 0.503. The lowest BCUT2D eigenvalue weighted by Crippen LogP contribution is -2.46. The first-order valence-corrected chi connectivity index (χ1v) is 9.55. The Labute approximate surface area is 170 Å². The molecule has 3 aromatic rings. The van der Waals surface area contributed by atoms with Gasteiger partial charge in [-0.2, -0.15) is 4.98 Å². The van der Waals surface area contributed by atoms with Crippen molar-refractivity contribution >= 4 is 23.9 Å². The summed E-state index contributed by atoms with van der Waals surface area (Å²) < 4.78 is 5.44. The van der Waals surface area contributed by atoms with E-state index >= 15 is 0 Å². The summed E-state index contributed by atoms with van der Waals surface area (Å²) in [7, 11) is 1.64. The zero-order chi connectivity index (χ0) is 20.1. The summed E-state index contributed by atoms with van der Waals surface area (Å²) >= 11 is 0. The number of carbonyl (C=O) groups is 1. The summed E-state index contributed by atoms with van der Waals surface area (Å²) in [5, 5.41) is 3.29. The van der Waals surface area contributed by atoms with Crippen LogP contribution in [-0.2, 0) is 4.79 Å². The van der Waals surface area contributed by atoms with Gasteiger partial charge in [-0.1, -0.05) is 42.5 Å². The van der Waals surface area contributed by atoms with E-state index in [0.29, 0.717) is 19.0 Å². The summed E-state index contributed by atoms with van der Waals surface area (Å²) in [6.07, 6.45) is 0.904. The van der Waals surface area contributed by atoms with Crippen LogP contribution in [-0.4, -0.2) is 54.6 Å². The number of nitrogens with zero attached hydrogens (tertiary/aromatic N) is 4. The van der Waals surface area contributed by atoms with Crippen molar-refractivity contribution in [2.45, 2.75) is 0 Å². The minimum absolute atomic E-state index is 0.503. The number of amides is 1. The molecule has 2 aromatic carbocycles. The van der Waals surface area contributed by atoms with Gasteiger partial charge in [-0.25, -0.2) is 4.98 Å². The van der Waals surface area contributed by atoms with E-state index < -0.39 is 0 Å². The fourth-order valence-electron chi connectivity index (χ4n) is 3.33. The van der Waals surface area contributed by atoms with Gasteiger partial charge in [0.1, 0.15) is 11.6 Å². The monoisotopic (exact) mass is 389 g/mol. The van der Waals surface area contributed by atoms with E-state index in [4.69, 9.17) is 14.7 Å². The van der Waals surface area contributed by atoms with Crippen molar-refractivity contribution in [1.82, 2.24) is 14.9 Å². The molecule has 0 atom stereocenters. The number of para-hydroxylation sites is 2. The predicted octanol–water partition coefficient (Wildman–Crippen LogP) is 3.17. The van der Waals surface area contributed by atoms with Gasteiger partial charge in [0.15, 0.2) is 0 Å². The highest BCUT2D eigenvalue weighted by Gasteiger charge is 2.19. The topological polar surface area (TPSA) is 70.6 Å². The van der Waals surface area contributed by atoms with E-state index in [9.17, 15) is 4.79 Å². The first-order chi connectivity index (χ1) is 14.3. The van der Waals surface area contributed by atoms with Crippen LogP contribution in [0.15, 0.2) is 60.7 Å². The van der Waals surface area contributed by atoms with Crippen molar-refractivity contribution in [3.05, 3.63) is 60.7 Å². The fourth-order valence-corrected chi connectivity index (χ4v) is 3.33. The van der Waals surface area contributed by atoms with Crippen LogP contribution in [0.25, 0.3) is 11.3 Å². The second-order valence-electron chi connectivity index (χ2n) is 6.75. The van der Waals surface area contributed by atoms with Gasteiger partial charge in [-0.15, -0.1) is 0 Å². The maximum atomic E-state index is 11.0. The number of hydrogen-bond acceptors (Lipinski definition) is 6. The number of benzene rings is 2. The summed E-state index contributed by atoms with van der Waals surface area (Å²) in [4.78, 5) is 24.5. The van der Waals surface area contributed by atoms with Crippen molar-refractivity contribution < 1.29 is 9.53 Å². The normalized spacial score (nSPS) is 13.8. The highest BCUT2D eigenvalue weighted by Crippen LogP contribution is 2.29. The zero-order valence-electron chi connectivity index (χ0n) is 16.3. The molecular formula is C22H23N5O2. The molecule has 1 fully saturated rings. The smallest absolute Gasteiger partial charge is 0.229 e. The Morgan fingerprint density at radius 2 is 1.69 bits per heavy atom. The average Bonchev–Trinajstić information content (AvgIpc) is 2.80. The van der Waals surface area contributed by atoms with Gasteiger partial charge in [0.05, 0.1) is 18.5 Å². The van der Waals surface area contributed by atoms with E-state index in [-0.39, 0.29) is 0 Å². The first-order valence-electron chi connectivity index (χ1n) is 9.55. The minimum Gasteiger partial charge on any atom is -0.495 e. The number of ether oxygens (including phenoxy) is 1. The summed E-state index contributed by atoms with van der Waals surface area (Å²) in [6.45, 7) is 2.84. The molecule has 0 radical (unpaired) electrons. The number of anilines is 3. The largest absolute Gasteiger partial charge is 0.495 e. The fraction of sp³-hybridized carbons (Fsp3) is 0.227. The van der Waals surface area contributed by atoms with E-state index in [2.05, 4.69) is 10.2 Å². The molecule has 0 aliphatic carbocycles. The maximum absolute atomic E-state index is 11.0. The zero-order valence-corrected chi connectivity index (χ0v) is 16.3. The molecule has 7 nitrogen and oxygen atoms in total. The van der Waals surface area contributed by atoms with Gasteiger partial charge in [0.25, 0.3) is 0 Å². The first kappa shape index (κ1) is 18.7. The van der Waals surface area contributed by atoms with Gasteiger partial charge >= 0.3 is 0 Å². The molecule has 29 heavy (non-hydrogen) atoms. The Morgan fingerprint density at radius 3 is 2.41 bits per heavy atom. The molecule has 7 heteroatoms. The van der Waals surface area contributed by atoms with Crippen LogP contribution in [0.4, 0.5) is 17.5 Å². The lowest BCUT2D eigenvalue weighted by atomic mass is 10.1. The Hall–Kier alpha value is -3.61. The lowest BCUT2D eigenvalue weighted by molar-refractivity contribution is -0.118. The third-order valence-corrected chi connectivity index (χ3v) is 4.92. The molecule has 1 aliphatic heterocycles. The van der Waals surface area contributed by atoms with E-state index in [0.717, 1.165) is 48.0 Å². The number of nitrogens with one attached hydrogen (secondary N) is 1. The second-order valence-corrected chi connectivity index (χ2v) is 6.75. The number of methoxy groups -OCH3 is 1. The summed E-state index contributed by atoms with van der Waals surface area (Å²) in [6, 6.07) is 19.7. The van der Waals surface area contributed by atoms with Gasteiger partial charge in [0.2, 0.25) is 12.4 Å². The van der Waals surface area contributed by atoms with Gasteiger partial charge in [0, 0.05) is 37.8 Å². The molecule has 2 heterocycles. The number of hydrogen-bond donors (Lipinski definition) is 1. The molecular weight excluding hydrogens is 366 g/mol. The number of rotatable bonds is 6. The predicted molar refractivity (Wildman–Crippen MR) is 114 cm³/mol. The molecule has 148 valence electrons. The van der Waals surface area contributed by atoms with Crippen LogP contribution in [0.2, 0.25) is 0 Å². The molecule has 1 N–H and O–H groups in total. The highest BCUT2D eigenvalue weighted by molar-refractivity contribution is 5.68. The SMILES string of the molecule is COc1ccccc1Nc1nc(-c2ccccc2)cc(N2CCN(C=O)CC2)n1. The maximum Gasteiger partial charge on any atom is 0.229 e. The van der Waals surface area contributed by atoms with Crippen molar-refractivity contribution in [3.8, 4) is 17.0 Å². The second kappa shape index (κ2) is 8.60. The number of aromatic nitrogens is 2. The molecule has 0 unspecified atom stereocenters. The van der Waals surface area contributed by atoms with Crippen LogP contribution in [0.3, 0.4) is 0 Å². The van der Waals surface area contributed by atoms with E-state index in [1.54, 1.807) is 12.0 Å². The quantitative estimate of drug-likeness (QED) is 0.653. The third kappa shape index (κ3) is 4.29. The molecule has 1 aliphatic rings. The van der Waals surface area contributed by atoms with E-state index in [1.807, 2.05) is 60.7 Å². The Morgan fingerprint density at radius 1 is 0.966 bits per heavy atom. The molecule has 1 saturated heterocycles. The van der Waals surface area contributed by atoms with Crippen LogP contribution in [0.5, 0.6) is 5.75 Å². The molecule has 0 spiro atoms. The summed E-state index contributed by atoms with van der Waals surface area (Å²) in [5.41, 5.74) is 2.66. The van der Waals surface area contributed by atoms with Crippen molar-refractivity contribution in [1.29, 1.82) is 0 Å². The van der Waals surface area contributed by atoms with Crippen molar-refractivity contribution in [2.24, 2.45) is 0 Å². The standard InChI is InChI=1S/C22H23N5O2/c1-29-20-10-6-5-9-18(20)23-22-24-19(17-7-3-2-4-8-17)15-21(25-22)27-13-11-26(16-28)12-14-27/h2-10,15-16H,11-14H2,1H3,(H,23,24,25). The lowest BCUT2D eigenvalue weighted by Gasteiger charge is -2.33. The van der Waals surface area contributed by atoms with Crippen LogP contribution in [0, 0.1) is 0 Å². The Bertz CT molecular complexity index is 972. The molecule has 0 bridgehead atoms. The highest BCUT2D eigenvalue weighted by atomic mass is 16.5.